The first kappa shape index (κ1) is 29.8. The second-order valence-corrected chi connectivity index (χ2v) is 16.6. The molecule has 0 aliphatic rings. The normalized spacial score (nSPS) is 12.4. The Morgan fingerprint density at radius 2 is 0.945 bits per heavy atom. The summed E-state index contributed by atoms with van der Waals surface area (Å²) in [5.41, 5.74) is 5.31. The third kappa shape index (κ3) is 3.98. The van der Waals surface area contributed by atoms with Gasteiger partial charge in [0.2, 0.25) is 5.95 Å². The van der Waals surface area contributed by atoms with Crippen LogP contribution in [0.1, 0.15) is 0 Å². The number of thiophene rings is 2. The topological polar surface area (TPSA) is 30.7 Å². The molecule has 0 fully saturated rings. The third-order valence-corrected chi connectivity index (χ3v) is 13.9. The smallest absolute Gasteiger partial charge is 0.235 e. The molecule has 254 valence electrons. The van der Waals surface area contributed by atoms with Crippen LogP contribution in [0.5, 0.6) is 0 Å². The summed E-state index contributed by atoms with van der Waals surface area (Å²) in [5, 5.41) is 16.2. The third-order valence-electron chi connectivity index (χ3n) is 11.6. The molecular formula is C50H27N3S2. The van der Waals surface area contributed by atoms with Gasteiger partial charge in [0, 0.05) is 52.0 Å². The number of aromatic nitrogens is 3. The summed E-state index contributed by atoms with van der Waals surface area (Å²) in [7, 11) is 0. The summed E-state index contributed by atoms with van der Waals surface area (Å²) in [6.45, 7) is 0. The average molecular weight is 734 g/mol. The molecule has 55 heavy (non-hydrogen) atoms. The highest BCUT2D eigenvalue weighted by molar-refractivity contribution is 7.26. The van der Waals surface area contributed by atoms with Crippen molar-refractivity contribution in [3.05, 3.63) is 164 Å². The number of hydrogen-bond acceptors (Lipinski definition) is 4. The van der Waals surface area contributed by atoms with Gasteiger partial charge in [-0.15, -0.1) is 22.7 Å². The van der Waals surface area contributed by atoms with Crippen LogP contribution in [0.25, 0.3) is 123 Å². The Bertz CT molecular complexity index is 3760. The van der Waals surface area contributed by atoms with Crippen molar-refractivity contribution in [2.24, 2.45) is 0 Å². The van der Waals surface area contributed by atoms with E-state index in [0.717, 1.165) is 37.9 Å². The zero-order valence-corrected chi connectivity index (χ0v) is 30.9. The SMILES string of the molecule is c1ccc2c(c1)ccc1c2c2c3c4ccccc4c4ccccc4c3ccc2n1-c1nc(-c2cccc3sc4ccccc4c23)c2sc3ccccc3c2n1. The quantitative estimate of drug-likeness (QED) is 0.166. The lowest BCUT2D eigenvalue weighted by Gasteiger charge is -2.13. The molecule has 0 atom stereocenters. The van der Waals surface area contributed by atoms with Gasteiger partial charge in [-0.05, 0) is 68.0 Å². The van der Waals surface area contributed by atoms with Crippen molar-refractivity contribution in [2.75, 3.05) is 0 Å². The van der Waals surface area contributed by atoms with Crippen LogP contribution in [0.2, 0.25) is 0 Å². The monoisotopic (exact) mass is 733 g/mol. The predicted molar refractivity (Wildman–Crippen MR) is 238 cm³/mol. The maximum Gasteiger partial charge on any atom is 0.235 e. The molecule has 0 unspecified atom stereocenters. The molecule has 0 spiro atoms. The van der Waals surface area contributed by atoms with Crippen LogP contribution in [0.3, 0.4) is 0 Å². The predicted octanol–water partition coefficient (Wildman–Crippen LogP) is 14.6. The molecule has 3 nitrogen and oxygen atoms in total. The lowest BCUT2D eigenvalue weighted by molar-refractivity contribution is 1.02. The minimum Gasteiger partial charge on any atom is -0.278 e. The van der Waals surface area contributed by atoms with Crippen molar-refractivity contribution in [1.82, 2.24) is 14.5 Å². The van der Waals surface area contributed by atoms with E-state index in [1.54, 1.807) is 11.3 Å². The van der Waals surface area contributed by atoms with Crippen LogP contribution >= 0.6 is 22.7 Å². The molecule has 0 N–H and O–H groups in total. The first-order chi connectivity index (χ1) is 27.3. The highest BCUT2D eigenvalue weighted by atomic mass is 32.1. The second-order valence-electron chi connectivity index (χ2n) is 14.4. The summed E-state index contributed by atoms with van der Waals surface area (Å²) < 4.78 is 7.21. The van der Waals surface area contributed by atoms with E-state index < -0.39 is 0 Å². The van der Waals surface area contributed by atoms with Gasteiger partial charge in [0.15, 0.2) is 0 Å². The van der Waals surface area contributed by atoms with Crippen LogP contribution in [0, 0.1) is 0 Å². The molecular weight excluding hydrogens is 707 g/mol. The minimum absolute atomic E-state index is 0.683. The Morgan fingerprint density at radius 1 is 0.364 bits per heavy atom. The molecule has 0 radical (unpaired) electrons. The van der Waals surface area contributed by atoms with E-state index >= 15 is 0 Å². The van der Waals surface area contributed by atoms with Gasteiger partial charge in [0.05, 0.1) is 26.9 Å². The van der Waals surface area contributed by atoms with E-state index in [2.05, 4.69) is 168 Å². The van der Waals surface area contributed by atoms with Gasteiger partial charge in [-0.1, -0.05) is 133 Å². The fourth-order valence-electron chi connectivity index (χ4n) is 9.31. The Hall–Kier alpha value is -6.66. The Kier molecular flexibility index (Phi) is 5.93. The fourth-order valence-corrected chi connectivity index (χ4v) is 11.6. The lowest BCUT2D eigenvalue weighted by Crippen LogP contribution is -2.03. The number of hydrogen-bond donors (Lipinski definition) is 0. The largest absolute Gasteiger partial charge is 0.278 e. The van der Waals surface area contributed by atoms with Crippen molar-refractivity contribution in [3.8, 4) is 17.2 Å². The Labute approximate surface area is 322 Å². The summed E-state index contributed by atoms with van der Waals surface area (Å²) >= 11 is 3.63. The maximum atomic E-state index is 5.68. The summed E-state index contributed by atoms with van der Waals surface area (Å²) in [6.07, 6.45) is 0. The number of benzene rings is 9. The van der Waals surface area contributed by atoms with Crippen LogP contribution in [-0.4, -0.2) is 14.5 Å². The highest BCUT2D eigenvalue weighted by Crippen LogP contribution is 2.47. The zero-order valence-electron chi connectivity index (χ0n) is 29.2. The van der Waals surface area contributed by atoms with Gasteiger partial charge in [-0.2, -0.15) is 0 Å². The van der Waals surface area contributed by atoms with Gasteiger partial charge in [-0.25, -0.2) is 9.97 Å². The standard InChI is InChI=1S/C50H27N3S2/c1-2-13-29-28(12-1)24-26-38-45(29)46-39(27-25-34-32-16-4-3-14-30(32)31-15-5-6-17-33(31)44(34)46)53(38)50-51-47-36-19-8-10-22-41(36)55-49(47)48(52-50)37-20-11-23-42-43(37)35-18-7-9-21-40(35)54-42/h1-27H. The van der Waals surface area contributed by atoms with Crippen molar-refractivity contribution in [1.29, 1.82) is 0 Å². The molecule has 13 aromatic rings. The molecule has 0 bridgehead atoms. The van der Waals surface area contributed by atoms with E-state index in [1.165, 1.54) is 78.7 Å². The highest BCUT2D eigenvalue weighted by Gasteiger charge is 2.24. The van der Waals surface area contributed by atoms with Crippen LogP contribution in [0.4, 0.5) is 0 Å². The molecule has 0 saturated carbocycles. The molecule has 0 saturated heterocycles. The number of nitrogens with zero attached hydrogens (tertiary/aromatic N) is 3. The van der Waals surface area contributed by atoms with E-state index in [1.807, 2.05) is 11.3 Å². The minimum atomic E-state index is 0.683. The fraction of sp³-hybridized carbons (Fsp3) is 0. The van der Waals surface area contributed by atoms with E-state index in [9.17, 15) is 0 Å². The first-order valence-electron chi connectivity index (χ1n) is 18.6. The summed E-state index contributed by atoms with van der Waals surface area (Å²) in [6, 6.07) is 59.8. The van der Waals surface area contributed by atoms with Crippen LogP contribution in [-0.2, 0) is 0 Å². The van der Waals surface area contributed by atoms with Gasteiger partial charge >= 0.3 is 0 Å². The molecule has 0 amide bonds. The molecule has 5 heteroatoms. The number of rotatable bonds is 2. The zero-order chi connectivity index (χ0) is 35.8. The summed E-state index contributed by atoms with van der Waals surface area (Å²) in [4.78, 5) is 11.2. The molecule has 0 aliphatic carbocycles. The summed E-state index contributed by atoms with van der Waals surface area (Å²) in [5.74, 6) is 0.683. The van der Waals surface area contributed by atoms with Crippen LogP contribution in [0.15, 0.2) is 164 Å². The average Bonchev–Trinajstić information content (AvgIpc) is 3.93. The molecule has 4 heterocycles. The second kappa shape index (κ2) is 11.0. The maximum absolute atomic E-state index is 5.68. The van der Waals surface area contributed by atoms with E-state index in [4.69, 9.17) is 9.97 Å². The van der Waals surface area contributed by atoms with E-state index in [0.29, 0.717) is 5.95 Å². The van der Waals surface area contributed by atoms with Crippen molar-refractivity contribution in [3.63, 3.8) is 0 Å². The molecule has 4 aromatic heterocycles. The Morgan fingerprint density at radius 3 is 1.75 bits per heavy atom. The van der Waals surface area contributed by atoms with Gasteiger partial charge < -0.3 is 0 Å². The van der Waals surface area contributed by atoms with Gasteiger partial charge in [-0.3, -0.25) is 4.57 Å². The van der Waals surface area contributed by atoms with Crippen LogP contribution < -0.4 is 0 Å². The molecule has 9 aromatic carbocycles. The lowest BCUT2D eigenvalue weighted by atomic mass is 9.91. The first-order valence-corrected chi connectivity index (χ1v) is 20.2. The Balaban J connectivity index is 1.25. The van der Waals surface area contributed by atoms with E-state index in [-0.39, 0.29) is 0 Å². The van der Waals surface area contributed by atoms with Gasteiger partial charge in [0.1, 0.15) is 0 Å². The van der Waals surface area contributed by atoms with Crippen molar-refractivity contribution < 1.29 is 0 Å². The van der Waals surface area contributed by atoms with Crippen molar-refractivity contribution >= 4 is 128 Å². The molecule has 0 aliphatic heterocycles. The van der Waals surface area contributed by atoms with Gasteiger partial charge in [0.25, 0.3) is 0 Å². The number of fused-ring (bicyclic) bond motifs is 18. The molecule has 13 rings (SSSR count). The van der Waals surface area contributed by atoms with Crippen molar-refractivity contribution in [2.45, 2.75) is 0 Å².